The molecule has 31 heavy (non-hydrogen) atoms. The largest absolute Gasteiger partial charge is 0.356 e. The molecule has 2 aliphatic heterocycles. The molecule has 1 aromatic carbocycles. The molecule has 2 heterocycles. The number of nitrogens with zero attached hydrogens (tertiary/aromatic N) is 3. The van der Waals surface area contributed by atoms with Gasteiger partial charge in [0.2, 0.25) is 16.4 Å². The first kappa shape index (κ1) is 24.6. The van der Waals surface area contributed by atoms with Crippen LogP contribution in [-0.4, -0.2) is 91.2 Å². The lowest BCUT2D eigenvalue weighted by Crippen LogP contribution is -2.63. The molecule has 1 aromatic rings. The zero-order valence-electron chi connectivity index (χ0n) is 18.4. The minimum Gasteiger partial charge on any atom is -0.356 e. The summed E-state index contributed by atoms with van der Waals surface area (Å²) in [7, 11) is -3.27. The number of ether oxygens (including phenoxy) is 1. The summed E-state index contributed by atoms with van der Waals surface area (Å²) in [6.45, 7) is 8.56. The van der Waals surface area contributed by atoms with E-state index in [0.717, 1.165) is 37.9 Å². The number of benzene rings is 1. The predicted molar refractivity (Wildman–Crippen MR) is 123 cm³/mol. The van der Waals surface area contributed by atoms with E-state index in [4.69, 9.17) is 16.3 Å². The molecule has 2 fully saturated rings. The van der Waals surface area contributed by atoms with Crippen molar-refractivity contribution in [3.8, 4) is 0 Å². The highest BCUT2D eigenvalue weighted by molar-refractivity contribution is 7.88. The molecule has 0 radical (unpaired) electrons. The molecule has 2 saturated heterocycles. The first-order valence-corrected chi connectivity index (χ1v) is 13.0. The number of piperidine rings is 1. The summed E-state index contributed by atoms with van der Waals surface area (Å²) in [4.78, 5) is 4.42. The van der Waals surface area contributed by atoms with Crippen LogP contribution in [0.1, 0.15) is 25.3 Å². The summed E-state index contributed by atoms with van der Waals surface area (Å²) in [5.74, 6) is 0. The molecule has 0 aromatic heterocycles. The molecule has 0 aliphatic carbocycles. The first-order valence-electron chi connectivity index (χ1n) is 10.8. The monoisotopic (exact) mass is 471 g/mol. The third-order valence-corrected chi connectivity index (χ3v) is 7.89. The van der Waals surface area contributed by atoms with E-state index in [1.807, 2.05) is 36.1 Å². The first-order chi connectivity index (χ1) is 14.7. The highest BCUT2D eigenvalue weighted by Gasteiger charge is 2.40. The number of hydrogen-bond donors (Lipinski definition) is 1. The lowest BCUT2D eigenvalue weighted by Gasteiger charge is -2.49. The van der Waals surface area contributed by atoms with Crippen LogP contribution in [0, 0.1) is 0 Å². The van der Waals surface area contributed by atoms with E-state index < -0.39 is 16.4 Å². The van der Waals surface area contributed by atoms with Gasteiger partial charge in [-0.1, -0.05) is 29.8 Å². The average Bonchev–Trinajstić information content (AvgIpc) is 2.74. The van der Waals surface area contributed by atoms with Gasteiger partial charge in [-0.3, -0.25) is 9.80 Å². The molecule has 9 heteroatoms. The van der Waals surface area contributed by atoms with Gasteiger partial charge in [-0.25, -0.2) is 8.42 Å². The highest BCUT2D eigenvalue weighted by Crippen LogP contribution is 2.28. The Hall–Kier alpha value is -1.00. The molecule has 0 amide bonds. The number of likely N-dealkylation sites (tertiary alicyclic amines) is 1. The van der Waals surface area contributed by atoms with Crippen LogP contribution < -0.4 is 0 Å². The maximum absolute atomic E-state index is 12.4. The molecular weight excluding hydrogens is 438 g/mol. The van der Waals surface area contributed by atoms with Crippen molar-refractivity contribution < 1.29 is 18.3 Å². The molecule has 7 nitrogen and oxygen atoms in total. The number of halogens is 1. The maximum atomic E-state index is 12.4. The van der Waals surface area contributed by atoms with Gasteiger partial charge in [-0.15, -0.1) is 6.58 Å². The Morgan fingerprint density at radius 2 is 1.90 bits per heavy atom. The zero-order valence-corrected chi connectivity index (χ0v) is 19.9. The minimum atomic E-state index is -3.27. The van der Waals surface area contributed by atoms with Gasteiger partial charge in [-0.2, -0.15) is 4.31 Å². The van der Waals surface area contributed by atoms with Crippen LogP contribution in [0.2, 0.25) is 5.02 Å². The molecule has 0 saturated carbocycles. The average molecular weight is 472 g/mol. The van der Waals surface area contributed by atoms with E-state index in [9.17, 15) is 13.5 Å². The van der Waals surface area contributed by atoms with Gasteiger partial charge >= 0.3 is 0 Å². The summed E-state index contributed by atoms with van der Waals surface area (Å²) in [6, 6.07) is 8.14. The fourth-order valence-electron chi connectivity index (χ4n) is 4.72. The van der Waals surface area contributed by atoms with Crippen molar-refractivity contribution >= 4 is 21.6 Å². The second kappa shape index (κ2) is 10.7. The third kappa shape index (κ3) is 6.51. The molecule has 0 bridgehead atoms. The SMILES string of the molecule is C=CCOC(O)N1CCC(N2C[C@H](C)N(S(C)(=O)=O)CC2Cc2ccc(Cl)cc2)CC1. The number of sulfonamides is 1. The normalized spacial score (nSPS) is 26.1. The van der Waals surface area contributed by atoms with Crippen LogP contribution in [0.15, 0.2) is 36.9 Å². The highest BCUT2D eigenvalue weighted by atomic mass is 35.5. The summed E-state index contributed by atoms with van der Waals surface area (Å²) >= 11 is 6.04. The van der Waals surface area contributed by atoms with E-state index in [1.54, 1.807) is 10.4 Å². The molecule has 3 atom stereocenters. The van der Waals surface area contributed by atoms with E-state index in [-0.39, 0.29) is 12.1 Å². The fraction of sp³-hybridized carbons (Fsp3) is 0.636. The summed E-state index contributed by atoms with van der Waals surface area (Å²) in [5, 5.41) is 10.9. The Morgan fingerprint density at radius 1 is 1.26 bits per heavy atom. The van der Waals surface area contributed by atoms with Crippen molar-refractivity contribution in [2.24, 2.45) is 0 Å². The zero-order chi connectivity index (χ0) is 22.6. The van der Waals surface area contributed by atoms with Gasteiger partial charge in [0.05, 0.1) is 12.9 Å². The van der Waals surface area contributed by atoms with Gasteiger partial charge in [0.1, 0.15) is 0 Å². The molecule has 3 rings (SSSR count). The van der Waals surface area contributed by atoms with Gasteiger partial charge in [0.15, 0.2) is 0 Å². The molecule has 0 spiro atoms. The van der Waals surface area contributed by atoms with Crippen molar-refractivity contribution in [2.75, 3.05) is 39.0 Å². The lowest BCUT2D eigenvalue weighted by atomic mass is 9.95. The van der Waals surface area contributed by atoms with Crippen molar-refractivity contribution in [2.45, 2.75) is 50.7 Å². The Bertz CT molecular complexity index is 828. The van der Waals surface area contributed by atoms with Gasteiger partial charge < -0.3 is 9.84 Å². The predicted octanol–water partition coefficient (Wildman–Crippen LogP) is 2.16. The van der Waals surface area contributed by atoms with E-state index in [1.165, 1.54) is 6.26 Å². The van der Waals surface area contributed by atoms with Crippen LogP contribution in [0.4, 0.5) is 0 Å². The quantitative estimate of drug-likeness (QED) is 0.462. The van der Waals surface area contributed by atoms with Crippen LogP contribution in [-0.2, 0) is 21.2 Å². The lowest BCUT2D eigenvalue weighted by molar-refractivity contribution is -0.194. The van der Waals surface area contributed by atoms with Crippen LogP contribution in [0.5, 0.6) is 0 Å². The van der Waals surface area contributed by atoms with E-state index in [2.05, 4.69) is 11.5 Å². The standard InChI is InChI=1S/C22H34ClN3O4S/c1-4-13-30-22(27)24-11-9-20(10-12-24)25-15-17(2)26(31(3,28)29)16-21(25)14-18-5-7-19(23)8-6-18/h4-8,17,20-22,27H,1,9-16H2,2-3H3/t17-,21?,22?/m0/s1. The molecular formula is C22H34ClN3O4S. The van der Waals surface area contributed by atoms with Crippen LogP contribution in [0.3, 0.4) is 0 Å². The van der Waals surface area contributed by atoms with Crippen molar-refractivity contribution in [3.63, 3.8) is 0 Å². The number of piperazine rings is 1. The van der Waals surface area contributed by atoms with Crippen LogP contribution in [0.25, 0.3) is 0 Å². The van der Waals surface area contributed by atoms with Gasteiger partial charge in [-0.05, 0) is 43.9 Å². The van der Waals surface area contributed by atoms with Crippen molar-refractivity contribution in [3.05, 3.63) is 47.5 Å². The number of aliphatic hydroxyl groups excluding tert-OH is 1. The second-order valence-corrected chi connectivity index (χ2v) is 10.9. The molecule has 174 valence electrons. The second-order valence-electron chi connectivity index (χ2n) is 8.58. The maximum Gasteiger partial charge on any atom is 0.216 e. The topological polar surface area (TPSA) is 73.3 Å². The van der Waals surface area contributed by atoms with Crippen molar-refractivity contribution in [1.29, 1.82) is 0 Å². The number of hydrogen-bond acceptors (Lipinski definition) is 6. The number of rotatable bonds is 8. The third-order valence-electron chi connectivity index (χ3n) is 6.28. The van der Waals surface area contributed by atoms with Crippen molar-refractivity contribution in [1.82, 2.24) is 14.1 Å². The molecule has 1 N–H and O–H groups in total. The van der Waals surface area contributed by atoms with E-state index >= 15 is 0 Å². The Balaban J connectivity index is 1.71. The summed E-state index contributed by atoms with van der Waals surface area (Å²) < 4.78 is 31.7. The molecule has 2 aliphatic rings. The smallest absolute Gasteiger partial charge is 0.216 e. The number of aliphatic hydroxyl groups is 1. The minimum absolute atomic E-state index is 0.0731. The Labute approximate surface area is 191 Å². The summed E-state index contributed by atoms with van der Waals surface area (Å²) in [6.07, 6.45) is 4.57. The van der Waals surface area contributed by atoms with Gasteiger partial charge in [0.25, 0.3) is 0 Å². The summed E-state index contributed by atoms with van der Waals surface area (Å²) in [5.41, 5.74) is 1.15. The van der Waals surface area contributed by atoms with Gasteiger partial charge in [0, 0.05) is 49.3 Å². The fourth-order valence-corrected chi connectivity index (χ4v) is 6.01. The molecule has 2 unspecified atom stereocenters. The van der Waals surface area contributed by atoms with Crippen LogP contribution >= 0.6 is 11.6 Å². The van der Waals surface area contributed by atoms with E-state index in [0.29, 0.717) is 30.8 Å². The Morgan fingerprint density at radius 3 is 2.48 bits per heavy atom. The Kier molecular flexibility index (Phi) is 8.54.